The maximum absolute atomic E-state index is 10.1. The van der Waals surface area contributed by atoms with E-state index in [-0.39, 0.29) is 5.92 Å². The van der Waals surface area contributed by atoms with E-state index in [2.05, 4.69) is 9.24 Å². The lowest BCUT2D eigenvalue weighted by Gasteiger charge is -1.99. The van der Waals surface area contributed by atoms with Crippen molar-refractivity contribution in [3.8, 4) is 0 Å². The van der Waals surface area contributed by atoms with E-state index in [1.807, 2.05) is 0 Å². The number of rotatable bonds is 3. The number of hydrogen-bond donors (Lipinski definition) is 1. The van der Waals surface area contributed by atoms with Gasteiger partial charge in [-0.05, 0) is 12.6 Å². The predicted octanol–water partition coefficient (Wildman–Crippen LogP) is 0.972. The standard InChI is InChI=1S/C5H11O2P/c1-4(2-3-8)5(6)7/h4H,2-3,8H2,1H3,(H,6,7)/t4-/m0/s1. The number of hydrogen-bond acceptors (Lipinski definition) is 1. The molecule has 0 aromatic heterocycles. The summed E-state index contributed by atoms with van der Waals surface area (Å²) in [4.78, 5) is 10.1. The quantitative estimate of drug-likeness (QED) is 0.584. The smallest absolute Gasteiger partial charge is 0.306 e. The predicted molar refractivity (Wildman–Crippen MR) is 36.0 cm³/mol. The molecule has 2 atom stereocenters. The van der Waals surface area contributed by atoms with Gasteiger partial charge in [-0.2, -0.15) is 0 Å². The molecule has 0 aliphatic rings. The minimum atomic E-state index is -0.701. The van der Waals surface area contributed by atoms with E-state index in [0.717, 1.165) is 12.6 Å². The first kappa shape index (κ1) is 7.90. The molecule has 0 saturated carbocycles. The van der Waals surface area contributed by atoms with Gasteiger partial charge in [-0.3, -0.25) is 4.79 Å². The van der Waals surface area contributed by atoms with Gasteiger partial charge < -0.3 is 5.11 Å². The van der Waals surface area contributed by atoms with E-state index in [4.69, 9.17) is 5.11 Å². The summed E-state index contributed by atoms with van der Waals surface area (Å²) in [5, 5.41) is 8.30. The molecule has 0 saturated heterocycles. The lowest BCUT2D eigenvalue weighted by molar-refractivity contribution is -0.141. The van der Waals surface area contributed by atoms with Crippen LogP contribution in [0.2, 0.25) is 0 Å². The molecule has 3 heteroatoms. The highest BCUT2D eigenvalue weighted by Gasteiger charge is 2.07. The van der Waals surface area contributed by atoms with Gasteiger partial charge in [-0.1, -0.05) is 6.92 Å². The summed E-state index contributed by atoms with van der Waals surface area (Å²) in [7, 11) is 2.51. The Hall–Kier alpha value is -0.100. The van der Waals surface area contributed by atoms with Crippen molar-refractivity contribution in [2.24, 2.45) is 5.92 Å². The van der Waals surface area contributed by atoms with Crippen molar-refractivity contribution in [1.82, 2.24) is 0 Å². The second-order valence-electron chi connectivity index (χ2n) is 1.82. The minimum Gasteiger partial charge on any atom is -0.481 e. The van der Waals surface area contributed by atoms with Crippen LogP contribution in [0, 0.1) is 5.92 Å². The van der Waals surface area contributed by atoms with Gasteiger partial charge in [-0.25, -0.2) is 0 Å². The molecular weight excluding hydrogens is 123 g/mol. The van der Waals surface area contributed by atoms with Crippen molar-refractivity contribution in [2.75, 3.05) is 6.16 Å². The largest absolute Gasteiger partial charge is 0.481 e. The fourth-order valence-corrected chi connectivity index (χ4v) is 0.873. The zero-order valence-corrected chi connectivity index (χ0v) is 6.08. The SMILES string of the molecule is C[C@@H](CCP)C(=O)O. The van der Waals surface area contributed by atoms with Crippen LogP contribution in [0.4, 0.5) is 0 Å². The lowest BCUT2D eigenvalue weighted by Crippen LogP contribution is -2.09. The highest BCUT2D eigenvalue weighted by molar-refractivity contribution is 7.16. The van der Waals surface area contributed by atoms with Gasteiger partial charge in [0.25, 0.3) is 0 Å². The van der Waals surface area contributed by atoms with Gasteiger partial charge in [0.1, 0.15) is 0 Å². The number of carboxylic acid groups (broad SMARTS) is 1. The summed E-state index contributed by atoms with van der Waals surface area (Å²) in [6.07, 6.45) is 1.62. The zero-order valence-electron chi connectivity index (χ0n) is 4.92. The molecule has 0 amide bonds. The van der Waals surface area contributed by atoms with Gasteiger partial charge in [0.05, 0.1) is 5.92 Å². The molecule has 8 heavy (non-hydrogen) atoms. The van der Waals surface area contributed by atoms with Crippen molar-refractivity contribution < 1.29 is 9.90 Å². The molecule has 0 rings (SSSR count). The number of carboxylic acids is 1. The molecule has 0 spiro atoms. The topological polar surface area (TPSA) is 37.3 Å². The van der Waals surface area contributed by atoms with E-state index in [1.54, 1.807) is 6.92 Å². The summed E-state index contributed by atoms with van der Waals surface area (Å²) in [5.41, 5.74) is 0. The Kier molecular flexibility index (Phi) is 3.80. The third-order valence-electron chi connectivity index (χ3n) is 1.02. The molecule has 0 aliphatic carbocycles. The number of aliphatic carboxylic acids is 1. The van der Waals surface area contributed by atoms with Crippen molar-refractivity contribution in [3.05, 3.63) is 0 Å². The van der Waals surface area contributed by atoms with Crippen LogP contribution in [0.25, 0.3) is 0 Å². The van der Waals surface area contributed by atoms with Crippen LogP contribution in [0.15, 0.2) is 0 Å². The Morgan fingerprint density at radius 2 is 2.38 bits per heavy atom. The third-order valence-corrected chi connectivity index (χ3v) is 1.35. The van der Waals surface area contributed by atoms with Gasteiger partial charge in [-0.15, -0.1) is 9.24 Å². The molecule has 0 fully saturated rings. The van der Waals surface area contributed by atoms with Crippen molar-refractivity contribution in [1.29, 1.82) is 0 Å². The molecule has 1 unspecified atom stereocenters. The van der Waals surface area contributed by atoms with Gasteiger partial charge in [0, 0.05) is 0 Å². The van der Waals surface area contributed by atoms with Crippen molar-refractivity contribution in [3.63, 3.8) is 0 Å². The molecule has 0 radical (unpaired) electrons. The van der Waals surface area contributed by atoms with Crippen LogP contribution < -0.4 is 0 Å². The highest BCUT2D eigenvalue weighted by Crippen LogP contribution is 2.02. The van der Waals surface area contributed by atoms with E-state index in [0.29, 0.717) is 0 Å². The third kappa shape index (κ3) is 2.98. The van der Waals surface area contributed by atoms with Crippen molar-refractivity contribution in [2.45, 2.75) is 13.3 Å². The average Bonchev–Trinajstić information content (AvgIpc) is 1.67. The van der Waals surface area contributed by atoms with Crippen LogP contribution in [0.5, 0.6) is 0 Å². The van der Waals surface area contributed by atoms with Crippen LogP contribution in [0.3, 0.4) is 0 Å². The summed E-state index contributed by atoms with van der Waals surface area (Å²) >= 11 is 0. The normalized spacial score (nSPS) is 13.2. The molecule has 0 heterocycles. The Bertz CT molecular complexity index is 82.5. The maximum Gasteiger partial charge on any atom is 0.306 e. The number of carbonyl (C=O) groups is 1. The maximum atomic E-state index is 10.1. The van der Waals surface area contributed by atoms with E-state index < -0.39 is 5.97 Å². The fourth-order valence-electron chi connectivity index (χ4n) is 0.373. The first-order valence-corrected chi connectivity index (χ1v) is 3.43. The minimum absolute atomic E-state index is 0.188. The Morgan fingerprint density at radius 1 is 1.88 bits per heavy atom. The second kappa shape index (κ2) is 3.85. The van der Waals surface area contributed by atoms with Crippen LogP contribution in [-0.4, -0.2) is 17.2 Å². The Labute approximate surface area is 51.5 Å². The highest BCUT2D eigenvalue weighted by atomic mass is 31.0. The molecule has 48 valence electrons. The first-order valence-electron chi connectivity index (χ1n) is 2.61. The van der Waals surface area contributed by atoms with Crippen LogP contribution in [0.1, 0.15) is 13.3 Å². The monoisotopic (exact) mass is 134 g/mol. The van der Waals surface area contributed by atoms with Crippen LogP contribution in [-0.2, 0) is 4.79 Å². The Balaban J connectivity index is 3.32. The molecule has 0 aromatic carbocycles. The van der Waals surface area contributed by atoms with Crippen molar-refractivity contribution >= 4 is 15.2 Å². The van der Waals surface area contributed by atoms with E-state index >= 15 is 0 Å². The van der Waals surface area contributed by atoms with Gasteiger partial charge >= 0.3 is 5.97 Å². The fraction of sp³-hybridized carbons (Fsp3) is 0.800. The molecule has 2 nitrogen and oxygen atoms in total. The molecule has 1 N–H and O–H groups in total. The average molecular weight is 134 g/mol. The second-order valence-corrected chi connectivity index (χ2v) is 2.39. The van der Waals surface area contributed by atoms with Gasteiger partial charge in [0.2, 0.25) is 0 Å². The summed E-state index contributed by atoms with van der Waals surface area (Å²) in [6.45, 7) is 1.71. The van der Waals surface area contributed by atoms with E-state index in [9.17, 15) is 4.79 Å². The molecule has 0 bridgehead atoms. The summed E-state index contributed by atoms with van der Waals surface area (Å²) in [6, 6.07) is 0. The Morgan fingerprint density at radius 3 is 2.50 bits per heavy atom. The van der Waals surface area contributed by atoms with Gasteiger partial charge in [0.15, 0.2) is 0 Å². The zero-order chi connectivity index (χ0) is 6.57. The molecule has 0 aliphatic heterocycles. The van der Waals surface area contributed by atoms with Crippen LogP contribution >= 0.6 is 9.24 Å². The summed E-state index contributed by atoms with van der Waals surface area (Å²) < 4.78 is 0. The lowest BCUT2D eigenvalue weighted by atomic mass is 10.1. The molecule has 0 aromatic rings. The molecular formula is C5H11O2P. The first-order chi connectivity index (χ1) is 3.68. The summed E-state index contributed by atoms with van der Waals surface area (Å²) in [5.74, 6) is -0.889. The van der Waals surface area contributed by atoms with E-state index in [1.165, 1.54) is 0 Å².